The highest BCUT2D eigenvalue weighted by molar-refractivity contribution is 5.38. The predicted molar refractivity (Wildman–Crippen MR) is 60.2 cm³/mol. The molecule has 2 fully saturated rings. The Balaban J connectivity index is 1.96. The normalized spacial score (nSPS) is 19.8. The van der Waals surface area contributed by atoms with E-state index in [1.807, 2.05) is 6.07 Å². The summed E-state index contributed by atoms with van der Waals surface area (Å²) in [6, 6.07) is 3.98. The Kier molecular flexibility index (Phi) is 2.24. The smallest absolute Gasteiger partial charge is 0.226 e. The Hall–Kier alpha value is -1.63. The molecule has 0 N–H and O–H groups in total. The first-order valence-electron chi connectivity index (χ1n) is 5.91. The molecule has 0 spiro atoms. The van der Waals surface area contributed by atoms with E-state index in [2.05, 4.69) is 20.9 Å². The molecule has 2 heterocycles. The predicted octanol–water partition coefficient (Wildman–Crippen LogP) is 1.83. The number of anilines is 1. The number of aromatic nitrogens is 2. The SMILES string of the molecule is N#Cc1cc(C2CC2)nc(N2CCCC2)n1. The molecule has 16 heavy (non-hydrogen) atoms. The van der Waals surface area contributed by atoms with E-state index in [0.29, 0.717) is 11.6 Å². The van der Waals surface area contributed by atoms with Crippen molar-refractivity contribution in [1.82, 2.24) is 9.97 Å². The average Bonchev–Trinajstić information content (AvgIpc) is 3.04. The molecule has 0 radical (unpaired) electrons. The maximum absolute atomic E-state index is 8.97. The summed E-state index contributed by atoms with van der Waals surface area (Å²) in [5.74, 6) is 1.34. The van der Waals surface area contributed by atoms with Gasteiger partial charge in [0.15, 0.2) is 0 Å². The number of hydrogen-bond acceptors (Lipinski definition) is 4. The van der Waals surface area contributed by atoms with E-state index in [9.17, 15) is 0 Å². The number of nitrogens with zero attached hydrogens (tertiary/aromatic N) is 4. The Labute approximate surface area is 94.9 Å². The number of hydrogen-bond donors (Lipinski definition) is 0. The topological polar surface area (TPSA) is 52.8 Å². The van der Waals surface area contributed by atoms with Crippen molar-refractivity contribution in [2.24, 2.45) is 0 Å². The lowest BCUT2D eigenvalue weighted by atomic mass is 10.2. The lowest BCUT2D eigenvalue weighted by molar-refractivity contribution is 0.867. The van der Waals surface area contributed by atoms with Crippen molar-refractivity contribution in [3.05, 3.63) is 17.5 Å². The molecule has 3 rings (SSSR count). The molecule has 1 saturated heterocycles. The van der Waals surface area contributed by atoms with Gasteiger partial charge in [0.1, 0.15) is 11.8 Å². The van der Waals surface area contributed by atoms with E-state index < -0.39 is 0 Å². The fourth-order valence-electron chi connectivity index (χ4n) is 2.16. The zero-order valence-electron chi connectivity index (χ0n) is 9.19. The van der Waals surface area contributed by atoms with Crippen LogP contribution in [0, 0.1) is 11.3 Å². The lowest BCUT2D eigenvalue weighted by Crippen LogP contribution is -2.21. The molecule has 0 atom stereocenters. The summed E-state index contributed by atoms with van der Waals surface area (Å²) in [5.41, 5.74) is 1.58. The fraction of sp³-hybridized carbons (Fsp3) is 0.583. The molecular weight excluding hydrogens is 200 g/mol. The van der Waals surface area contributed by atoms with Gasteiger partial charge in [0.2, 0.25) is 5.95 Å². The molecule has 0 amide bonds. The third-order valence-electron chi connectivity index (χ3n) is 3.23. The summed E-state index contributed by atoms with van der Waals surface area (Å²) in [6.07, 6.45) is 4.83. The van der Waals surface area contributed by atoms with Gasteiger partial charge in [-0.25, -0.2) is 9.97 Å². The zero-order valence-corrected chi connectivity index (χ0v) is 9.19. The molecule has 1 aliphatic heterocycles. The first kappa shape index (κ1) is 9.59. The molecule has 0 bridgehead atoms. The van der Waals surface area contributed by atoms with Gasteiger partial charge in [-0.2, -0.15) is 5.26 Å². The van der Waals surface area contributed by atoms with Crippen LogP contribution in [0.2, 0.25) is 0 Å². The van der Waals surface area contributed by atoms with Gasteiger partial charge in [-0.1, -0.05) is 0 Å². The van der Waals surface area contributed by atoms with Crippen molar-refractivity contribution >= 4 is 5.95 Å². The Morgan fingerprint density at radius 1 is 1.25 bits per heavy atom. The van der Waals surface area contributed by atoms with Crippen molar-refractivity contribution in [3.8, 4) is 6.07 Å². The van der Waals surface area contributed by atoms with Crippen LogP contribution in [-0.2, 0) is 0 Å². The summed E-state index contributed by atoms with van der Waals surface area (Å²) < 4.78 is 0. The molecule has 0 aromatic carbocycles. The van der Waals surface area contributed by atoms with Gasteiger partial charge in [0, 0.05) is 19.0 Å². The highest BCUT2D eigenvalue weighted by atomic mass is 15.3. The molecule has 0 unspecified atom stereocenters. The van der Waals surface area contributed by atoms with Crippen LogP contribution in [0.1, 0.15) is 43.0 Å². The number of nitriles is 1. The maximum atomic E-state index is 8.97. The molecule has 1 aromatic heterocycles. The monoisotopic (exact) mass is 214 g/mol. The quantitative estimate of drug-likeness (QED) is 0.753. The summed E-state index contributed by atoms with van der Waals surface area (Å²) in [5, 5.41) is 8.97. The van der Waals surface area contributed by atoms with Gasteiger partial charge in [-0.05, 0) is 31.7 Å². The Morgan fingerprint density at radius 2 is 2.00 bits per heavy atom. The van der Waals surface area contributed by atoms with E-state index in [4.69, 9.17) is 5.26 Å². The number of rotatable bonds is 2. The minimum atomic E-state index is 0.513. The Morgan fingerprint density at radius 3 is 2.62 bits per heavy atom. The highest BCUT2D eigenvalue weighted by Crippen LogP contribution is 2.39. The van der Waals surface area contributed by atoms with Crippen molar-refractivity contribution in [3.63, 3.8) is 0 Å². The van der Waals surface area contributed by atoms with E-state index in [1.54, 1.807) is 0 Å². The zero-order chi connectivity index (χ0) is 11.0. The van der Waals surface area contributed by atoms with Crippen LogP contribution in [0.5, 0.6) is 0 Å². The van der Waals surface area contributed by atoms with Crippen LogP contribution in [0.25, 0.3) is 0 Å². The van der Waals surface area contributed by atoms with E-state index >= 15 is 0 Å². The largest absolute Gasteiger partial charge is 0.341 e. The molecule has 4 nitrogen and oxygen atoms in total. The van der Waals surface area contributed by atoms with Gasteiger partial charge in [0.25, 0.3) is 0 Å². The third kappa shape index (κ3) is 1.73. The van der Waals surface area contributed by atoms with Gasteiger partial charge >= 0.3 is 0 Å². The van der Waals surface area contributed by atoms with Crippen molar-refractivity contribution in [2.75, 3.05) is 18.0 Å². The second-order valence-corrected chi connectivity index (χ2v) is 4.56. The molecule has 4 heteroatoms. The van der Waals surface area contributed by atoms with E-state index in [1.165, 1.54) is 25.7 Å². The molecule has 2 aliphatic rings. The molecular formula is C12H14N4. The third-order valence-corrected chi connectivity index (χ3v) is 3.23. The van der Waals surface area contributed by atoms with Gasteiger partial charge in [-0.3, -0.25) is 0 Å². The van der Waals surface area contributed by atoms with Crippen LogP contribution in [0.4, 0.5) is 5.95 Å². The second kappa shape index (κ2) is 3.75. The van der Waals surface area contributed by atoms with Gasteiger partial charge in [0.05, 0.1) is 5.69 Å². The van der Waals surface area contributed by atoms with Crippen LogP contribution < -0.4 is 4.90 Å². The molecule has 1 aliphatic carbocycles. The first-order valence-corrected chi connectivity index (χ1v) is 5.91. The summed E-state index contributed by atoms with van der Waals surface area (Å²) in [7, 11) is 0. The lowest BCUT2D eigenvalue weighted by Gasteiger charge is -2.15. The van der Waals surface area contributed by atoms with Crippen molar-refractivity contribution < 1.29 is 0 Å². The van der Waals surface area contributed by atoms with E-state index in [0.717, 1.165) is 24.7 Å². The molecule has 1 aromatic rings. The second-order valence-electron chi connectivity index (χ2n) is 4.56. The van der Waals surface area contributed by atoms with Gasteiger partial charge in [-0.15, -0.1) is 0 Å². The summed E-state index contributed by atoms with van der Waals surface area (Å²) in [6.45, 7) is 2.05. The van der Waals surface area contributed by atoms with E-state index in [-0.39, 0.29) is 0 Å². The molecule has 82 valence electrons. The minimum absolute atomic E-state index is 0.513. The average molecular weight is 214 g/mol. The Bertz CT molecular complexity index is 439. The maximum Gasteiger partial charge on any atom is 0.226 e. The van der Waals surface area contributed by atoms with Crippen molar-refractivity contribution in [2.45, 2.75) is 31.6 Å². The van der Waals surface area contributed by atoms with Crippen LogP contribution in [0.3, 0.4) is 0 Å². The molecule has 1 saturated carbocycles. The van der Waals surface area contributed by atoms with Crippen molar-refractivity contribution in [1.29, 1.82) is 5.26 Å². The minimum Gasteiger partial charge on any atom is -0.341 e. The summed E-state index contributed by atoms with van der Waals surface area (Å²) >= 11 is 0. The fourth-order valence-corrected chi connectivity index (χ4v) is 2.16. The van der Waals surface area contributed by atoms with Gasteiger partial charge < -0.3 is 4.90 Å². The highest BCUT2D eigenvalue weighted by Gasteiger charge is 2.27. The van der Waals surface area contributed by atoms with Crippen LogP contribution in [-0.4, -0.2) is 23.1 Å². The standard InChI is InChI=1S/C12H14N4/c13-8-10-7-11(9-3-4-9)15-12(14-10)16-5-1-2-6-16/h7,9H,1-6H2. The first-order chi connectivity index (χ1) is 7.86. The van der Waals surface area contributed by atoms with Crippen LogP contribution >= 0.6 is 0 Å². The van der Waals surface area contributed by atoms with Crippen LogP contribution in [0.15, 0.2) is 6.07 Å². The summed E-state index contributed by atoms with van der Waals surface area (Å²) in [4.78, 5) is 11.1.